The van der Waals surface area contributed by atoms with E-state index in [2.05, 4.69) is 0 Å². The maximum atomic E-state index is 13.4. The molecule has 0 bridgehead atoms. The van der Waals surface area contributed by atoms with Crippen molar-refractivity contribution in [2.45, 2.75) is 46.3 Å². The normalized spacial score (nSPS) is 24.7. The van der Waals surface area contributed by atoms with Crippen molar-refractivity contribution >= 4 is 23.2 Å². The summed E-state index contributed by atoms with van der Waals surface area (Å²) in [5, 5.41) is 0.538. The number of benzene rings is 1. The van der Waals surface area contributed by atoms with Crippen LogP contribution in [0.3, 0.4) is 0 Å². The largest absolute Gasteiger partial charge is 0.416 e. The van der Waals surface area contributed by atoms with Gasteiger partial charge in [0.1, 0.15) is 0 Å². The van der Waals surface area contributed by atoms with Crippen LogP contribution < -0.4 is 0 Å². The lowest BCUT2D eigenvalue weighted by atomic mass is 9.69. The Labute approximate surface area is 197 Å². The van der Waals surface area contributed by atoms with Crippen molar-refractivity contribution < 1.29 is 22.7 Å². The Balaban J connectivity index is 1.65. The Morgan fingerprint density at radius 2 is 1.91 bits per heavy atom. The average molecular weight is 481 g/mol. The van der Waals surface area contributed by atoms with Crippen LogP contribution in [-0.4, -0.2) is 55.0 Å². The number of rotatable bonds is 3. The Kier molecular flexibility index (Phi) is 6.25. The zero-order valence-corrected chi connectivity index (χ0v) is 20.0. The summed E-state index contributed by atoms with van der Waals surface area (Å²) in [6, 6.07) is 3.21. The predicted molar refractivity (Wildman–Crippen MR) is 123 cm³/mol. The first-order valence-electron chi connectivity index (χ1n) is 11.1. The second-order valence-electron chi connectivity index (χ2n) is 9.58. The summed E-state index contributed by atoms with van der Waals surface area (Å²) >= 11 is 6.56. The van der Waals surface area contributed by atoms with E-state index in [4.69, 9.17) is 21.3 Å². The van der Waals surface area contributed by atoms with Crippen LogP contribution in [0.2, 0.25) is 5.02 Å². The van der Waals surface area contributed by atoms with Crippen LogP contribution in [0.1, 0.15) is 42.3 Å². The molecule has 1 saturated heterocycles. The van der Waals surface area contributed by atoms with Gasteiger partial charge in [0.05, 0.1) is 24.8 Å². The van der Waals surface area contributed by atoms with E-state index in [0.29, 0.717) is 54.6 Å². The number of carbonyl (C=O) groups excluding carboxylic acids is 1. The molecular formula is C25H28ClF3N2O2. The smallest absolute Gasteiger partial charge is 0.378 e. The van der Waals surface area contributed by atoms with Gasteiger partial charge in [-0.25, -0.2) is 0 Å². The van der Waals surface area contributed by atoms with Gasteiger partial charge in [0.25, 0.3) is 5.91 Å². The van der Waals surface area contributed by atoms with E-state index in [1.54, 1.807) is 24.0 Å². The molecule has 2 atom stereocenters. The van der Waals surface area contributed by atoms with Gasteiger partial charge in [0, 0.05) is 35.3 Å². The van der Waals surface area contributed by atoms with E-state index in [-0.39, 0.29) is 11.9 Å². The molecular weight excluding hydrogens is 453 g/mol. The van der Waals surface area contributed by atoms with Gasteiger partial charge in [0.15, 0.2) is 0 Å². The highest BCUT2D eigenvalue weighted by molar-refractivity contribution is 6.31. The number of morpholine rings is 1. The van der Waals surface area contributed by atoms with Gasteiger partial charge in [-0.15, -0.1) is 0 Å². The minimum atomic E-state index is -4.39. The van der Waals surface area contributed by atoms with Crippen molar-refractivity contribution in [1.82, 2.24) is 4.90 Å². The summed E-state index contributed by atoms with van der Waals surface area (Å²) in [7, 11) is 0. The Bertz CT molecular complexity index is 1070. The third-order valence-corrected chi connectivity index (χ3v) is 7.52. The number of allylic oxidation sites excluding steroid dienone is 4. The monoisotopic (exact) mass is 480 g/mol. The minimum absolute atomic E-state index is 0.0593. The van der Waals surface area contributed by atoms with Crippen molar-refractivity contribution in [3.63, 3.8) is 0 Å². The number of aliphatic imine (C=N–C) groups is 1. The zero-order chi connectivity index (χ0) is 24.1. The van der Waals surface area contributed by atoms with E-state index in [9.17, 15) is 18.0 Å². The molecule has 0 saturated carbocycles. The summed E-state index contributed by atoms with van der Waals surface area (Å²) in [6.45, 7) is 9.58. The first-order chi connectivity index (χ1) is 15.4. The van der Waals surface area contributed by atoms with Gasteiger partial charge in [-0.3, -0.25) is 9.79 Å². The Morgan fingerprint density at radius 1 is 1.24 bits per heavy atom. The van der Waals surface area contributed by atoms with E-state index in [1.165, 1.54) is 12.2 Å². The number of amides is 1. The number of hydrogen-bond acceptors (Lipinski definition) is 3. The van der Waals surface area contributed by atoms with Crippen molar-refractivity contribution in [2.24, 2.45) is 16.3 Å². The molecule has 178 valence electrons. The van der Waals surface area contributed by atoms with Crippen LogP contribution in [0.15, 0.2) is 40.4 Å². The standard InChI is InChI=1S/C25H28ClF3N2O2/c1-14-11-16(25(27,28)29)12-19-22(14)30-21(24(19,3)4)13-18-15(2)17(5-6-20(18)26)23(32)31-7-9-33-10-8-31/h5-6,11-12,19,21H,7-10,13H2,1-4H3. The molecule has 0 N–H and O–H groups in total. The molecule has 1 fully saturated rings. The number of ether oxygens (including phenoxy) is 1. The lowest BCUT2D eigenvalue weighted by Gasteiger charge is -2.34. The fourth-order valence-corrected chi connectivity index (χ4v) is 5.25. The van der Waals surface area contributed by atoms with Crippen LogP contribution in [0.5, 0.6) is 0 Å². The van der Waals surface area contributed by atoms with Crippen LogP contribution in [0.4, 0.5) is 13.2 Å². The molecule has 0 aromatic heterocycles. The van der Waals surface area contributed by atoms with Gasteiger partial charge in [-0.05, 0) is 60.6 Å². The van der Waals surface area contributed by atoms with Crippen molar-refractivity contribution in [1.29, 1.82) is 0 Å². The number of nitrogens with zero attached hydrogens (tertiary/aromatic N) is 2. The molecule has 2 unspecified atom stereocenters. The molecule has 1 aliphatic carbocycles. The lowest BCUT2D eigenvalue weighted by Crippen LogP contribution is -2.41. The van der Waals surface area contributed by atoms with Gasteiger partial charge < -0.3 is 9.64 Å². The fraction of sp³-hybridized carbons (Fsp3) is 0.520. The number of alkyl halides is 3. The number of carbonyl (C=O) groups is 1. The molecule has 1 aromatic rings. The molecule has 33 heavy (non-hydrogen) atoms. The Hall–Kier alpha value is -2.12. The third kappa shape index (κ3) is 4.37. The molecule has 4 nitrogen and oxygen atoms in total. The van der Waals surface area contributed by atoms with Gasteiger partial charge >= 0.3 is 6.18 Å². The lowest BCUT2D eigenvalue weighted by molar-refractivity contribution is -0.0889. The maximum Gasteiger partial charge on any atom is 0.416 e. The van der Waals surface area contributed by atoms with Crippen molar-refractivity contribution in [3.05, 3.63) is 57.1 Å². The molecule has 2 heterocycles. The number of hydrogen-bond donors (Lipinski definition) is 0. The van der Waals surface area contributed by atoms with Crippen molar-refractivity contribution in [3.8, 4) is 0 Å². The summed E-state index contributed by atoms with van der Waals surface area (Å²) in [5.41, 5.74) is 2.29. The second kappa shape index (κ2) is 8.58. The van der Waals surface area contributed by atoms with Gasteiger partial charge in [0.2, 0.25) is 0 Å². The molecule has 8 heteroatoms. The molecule has 3 aliphatic rings. The van der Waals surface area contributed by atoms with Crippen LogP contribution in [0, 0.1) is 18.3 Å². The fourth-order valence-electron chi connectivity index (χ4n) is 4.97. The summed E-state index contributed by atoms with van der Waals surface area (Å²) in [5.74, 6) is -0.489. The van der Waals surface area contributed by atoms with Crippen LogP contribution >= 0.6 is 11.6 Å². The highest BCUT2D eigenvalue weighted by atomic mass is 35.5. The number of fused-ring (bicyclic) bond motifs is 1. The van der Waals surface area contributed by atoms with Crippen LogP contribution in [-0.2, 0) is 11.2 Å². The van der Waals surface area contributed by atoms with E-state index < -0.39 is 23.1 Å². The molecule has 2 aliphatic heterocycles. The highest BCUT2D eigenvalue weighted by Crippen LogP contribution is 2.48. The second-order valence-corrected chi connectivity index (χ2v) is 9.99. The van der Waals surface area contributed by atoms with Gasteiger partial charge in [-0.2, -0.15) is 13.2 Å². The van der Waals surface area contributed by atoms with E-state index >= 15 is 0 Å². The minimum Gasteiger partial charge on any atom is -0.378 e. The summed E-state index contributed by atoms with van der Waals surface area (Å²) in [4.78, 5) is 19.7. The quantitative estimate of drug-likeness (QED) is 0.567. The zero-order valence-electron chi connectivity index (χ0n) is 19.2. The van der Waals surface area contributed by atoms with Crippen LogP contribution in [0.25, 0.3) is 0 Å². The predicted octanol–water partition coefficient (Wildman–Crippen LogP) is 5.58. The molecule has 0 spiro atoms. The first kappa shape index (κ1) is 24.0. The molecule has 1 aromatic carbocycles. The molecule has 4 rings (SSSR count). The Morgan fingerprint density at radius 3 is 2.55 bits per heavy atom. The highest BCUT2D eigenvalue weighted by Gasteiger charge is 2.48. The topological polar surface area (TPSA) is 41.9 Å². The summed E-state index contributed by atoms with van der Waals surface area (Å²) in [6.07, 6.45) is -1.47. The van der Waals surface area contributed by atoms with Crippen molar-refractivity contribution in [2.75, 3.05) is 26.3 Å². The third-order valence-electron chi connectivity index (χ3n) is 7.17. The summed E-state index contributed by atoms with van der Waals surface area (Å²) < 4.78 is 45.6. The van der Waals surface area contributed by atoms with E-state index in [0.717, 1.165) is 11.1 Å². The SMILES string of the molecule is CC1=CC(C(F)(F)F)=CC2C1=NC(Cc1c(Cl)ccc(C(=O)N3CCOCC3)c1C)C2(C)C. The number of halogens is 4. The van der Waals surface area contributed by atoms with E-state index in [1.807, 2.05) is 20.8 Å². The van der Waals surface area contributed by atoms with Gasteiger partial charge in [-0.1, -0.05) is 31.5 Å². The first-order valence-corrected chi connectivity index (χ1v) is 11.5. The molecule has 0 radical (unpaired) electrons. The maximum absolute atomic E-state index is 13.4. The average Bonchev–Trinajstić information content (AvgIpc) is 3.01. The molecule has 1 amide bonds.